The summed E-state index contributed by atoms with van der Waals surface area (Å²) in [6.07, 6.45) is 0. The summed E-state index contributed by atoms with van der Waals surface area (Å²) in [5, 5.41) is 4.22. The van der Waals surface area contributed by atoms with Crippen molar-refractivity contribution in [3.63, 3.8) is 0 Å². The number of para-hydroxylation sites is 1. The Kier molecular flexibility index (Phi) is 3.66. The van der Waals surface area contributed by atoms with E-state index in [9.17, 15) is 4.79 Å². The number of rotatable bonds is 1. The molecule has 0 saturated carbocycles. The summed E-state index contributed by atoms with van der Waals surface area (Å²) in [5.74, 6) is -0.210. The first-order valence-corrected chi connectivity index (χ1v) is 6.90. The second-order valence-corrected chi connectivity index (χ2v) is 5.02. The number of nitrogens with one attached hydrogen (secondary N) is 2. The van der Waals surface area contributed by atoms with E-state index in [1.165, 1.54) is 0 Å². The Morgan fingerprint density at radius 2 is 2.05 bits per heavy atom. The van der Waals surface area contributed by atoms with Gasteiger partial charge in [0, 0.05) is 24.0 Å². The zero-order valence-electron chi connectivity index (χ0n) is 10.9. The van der Waals surface area contributed by atoms with Crippen molar-refractivity contribution in [2.24, 2.45) is 0 Å². The Bertz CT molecular complexity index is 614. The molecular weight excluding hydrogens is 274 g/mol. The molecule has 0 unspecified atom stereocenters. The lowest BCUT2D eigenvalue weighted by Crippen LogP contribution is -2.47. The lowest BCUT2D eigenvalue weighted by Gasteiger charge is -2.28. The Hall–Kier alpha value is -1.92. The molecule has 0 bridgehead atoms. The molecule has 0 spiro atoms. The Morgan fingerprint density at radius 3 is 2.80 bits per heavy atom. The number of aromatic amines is 1. The van der Waals surface area contributed by atoms with Crippen LogP contribution in [0.5, 0.6) is 0 Å². The van der Waals surface area contributed by atoms with Gasteiger partial charge in [-0.2, -0.15) is 0 Å². The van der Waals surface area contributed by atoms with E-state index < -0.39 is 0 Å². The van der Waals surface area contributed by atoms with E-state index in [0.29, 0.717) is 37.1 Å². The van der Waals surface area contributed by atoms with E-state index in [2.05, 4.69) is 10.3 Å². The molecule has 0 aliphatic carbocycles. The van der Waals surface area contributed by atoms with Gasteiger partial charge in [-0.1, -0.05) is 18.2 Å². The molecule has 1 aromatic carbocycles. The zero-order valence-corrected chi connectivity index (χ0v) is 11.7. The molecule has 2 aromatic rings. The first-order chi connectivity index (χ1) is 9.74. The van der Waals surface area contributed by atoms with Crippen LogP contribution in [0.2, 0.25) is 0 Å². The van der Waals surface area contributed by atoms with E-state index in [4.69, 9.17) is 17.0 Å². The molecule has 20 heavy (non-hydrogen) atoms. The van der Waals surface area contributed by atoms with Crippen LogP contribution in [0, 0.1) is 0 Å². The highest BCUT2D eigenvalue weighted by molar-refractivity contribution is 7.80. The lowest BCUT2D eigenvalue weighted by molar-refractivity contribution is 0.0669. The average molecular weight is 289 g/mol. The Morgan fingerprint density at radius 1 is 1.30 bits per heavy atom. The molecular formula is C14H15N3O2S. The highest BCUT2D eigenvalue weighted by Crippen LogP contribution is 2.14. The monoisotopic (exact) mass is 289 g/mol. The van der Waals surface area contributed by atoms with Crippen molar-refractivity contribution in [1.29, 1.82) is 0 Å². The summed E-state index contributed by atoms with van der Waals surface area (Å²) >= 11 is 5.26. The molecule has 1 amide bonds. The van der Waals surface area contributed by atoms with Gasteiger partial charge in [-0.25, -0.2) is 0 Å². The maximum Gasteiger partial charge on any atom is 0.273 e. The van der Waals surface area contributed by atoms with Crippen molar-refractivity contribution in [2.75, 3.05) is 26.3 Å². The first-order valence-electron chi connectivity index (χ1n) is 6.50. The smallest absolute Gasteiger partial charge is 0.273 e. The highest BCUT2D eigenvalue weighted by Gasteiger charge is 2.17. The van der Waals surface area contributed by atoms with Gasteiger partial charge in [0.2, 0.25) is 0 Å². The van der Waals surface area contributed by atoms with Gasteiger partial charge in [-0.15, -0.1) is 0 Å². The number of morpholine rings is 1. The molecule has 1 aliphatic rings. The fraction of sp³-hybridized carbons (Fsp3) is 0.286. The number of carbonyl (C=O) groups is 1. The van der Waals surface area contributed by atoms with Crippen molar-refractivity contribution in [1.82, 2.24) is 15.2 Å². The fourth-order valence-corrected chi connectivity index (χ4v) is 2.48. The number of nitrogens with zero attached hydrogens (tertiary/aromatic N) is 1. The van der Waals surface area contributed by atoms with Crippen LogP contribution < -0.4 is 5.32 Å². The van der Waals surface area contributed by atoms with Gasteiger partial charge in [0.15, 0.2) is 5.11 Å². The van der Waals surface area contributed by atoms with Gasteiger partial charge in [0.25, 0.3) is 5.91 Å². The van der Waals surface area contributed by atoms with E-state index in [0.717, 1.165) is 10.9 Å². The second-order valence-electron chi connectivity index (χ2n) is 4.63. The van der Waals surface area contributed by atoms with Crippen molar-refractivity contribution in [2.45, 2.75) is 0 Å². The van der Waals surface area contributed by atoms with E-state index in [-0.39, 0.29) is 5.91 Å². The van der Waals surface area contributed by atoms with Crippen LogP contribution in [-0.4, -0.2) is 47.2 Å². The lowest BCUT2D eigenvalue weighted by atomic mass is 10.2. The summed E-state index contributed by atoms with van der Waals surface area (Å²) in [6.45, 7) is 2.71. The normalized spacial score (nSPS) is 15.3. The molecule has 1 saturated heterocycles. The van der Waals surface area contributed by atoms with Crippen LogP contribution in [-0.2, 0) is 4.74 Å². The molecule has 5 nitrogen and oxygen atoms in total. The van der Waals surface area contributed by atoms with Crippen LogP contribution in [0.3, 0.4) is 0 Å². The summed E-state index contributed by atoms with van der Waals surface area (Å²) < 4.78 is 5.26. The molecule has 2 N–H and O–H groups in total. The number of benzene rings is 1. The number of carbonyl (C=O) groups excluding carboxylic acids is 1. The Balaban J connectivity index is 1.70. The summed E-state index contributed by atoms with van der Waals surface area (Å²) in [7, 11) is 0. The predicted octanol–water partition coefficient (Wildman–Crippen LogP) is 1.51. The zero-order chi connectivity index (χ0) is 13.9. The van der Waals surface area contributed by atoms with Gasteiger partial charge in [-0.3, -0.25) is 10.1 Å². The number of amides is 1. The minimum absolute atomic E-state index is 0.210. The topological polar surface area (TPSA) is 57.4 Å². The molecule has 2 heterocycles. The molecule has 3 rings (SSSR count). The molecule has 1 aromatic heterocycles. The number of ether oxygens (including phenoxy) is 1. The highest BCUT2D eigenvalue weighted by atomic mass is 32.1. The predicted molar refractivity (Wildman–Crippen MR) is 80.8 cm³/mol. The van der Waals surface area contributed by atoms with Gasteiger partial charge in [0.05, 0.1) is 13.2 Å². The maximum absolute atomic E-state index is 12.2. The minimum atomic E-state index is -0.210. The van der Waals surface area contributed by atoms with Crippen LogP contribution in [0.15, 0.2) is 30.3 Å². The van der Waals surface area contributed by atoms with Crippen molar-refractivity contribution >= 4 is 34.1 Å². The van der Waals surface area contributed by atoms with Gasteiger partial charge >= 0.3 is 0 Å². The number of hydrogen-bond donors (Lipinski definition) is 2. The van der Waals surface area contributed by atoms with Crippen LogP contribution in [0.1, 0.15) is 10.5 Å². The maximum atomic E-state index is 12.2. The third-order valence-corrected chi connectivity index (χ3v) is 3.65. The quantitative estimate of drug-likeness (QED) is 0.782. The average Bonchev–Trinajstić information content (AvgIpc) is 2.92. The third-order valence-electron chi connectivity index (χ3n) is 3.29. The van der Waals surface area contributed by atoms with Gasteiger partial charge in [-0.05, 0) is 24.4 Å². The Labute approximate surface area is 121 Å². The molecule has 6 heteroatoms. The molecule has 0 radical (unpaired) electrons. The van der Waals surface area contributed by atoms with Crippen molar-refractivity contribution in [3.05, 3.63) is 36.0 Å². The van der Waals surface area contributed by atoms with E-state index >= 15 is 0 Å². The number of thiocarbonyl (C=S) groups is 1. The van der Waals surface area contributed by atoms with Crippen molar-refractivity contribution in [3.8, 4) is 0 Å². The number of H-pyrrole nitrogens is 1. The van der Waals surface area contributed by atoms with Crippen molar-refractivity contribution < 1.29 is 9.53 Å². The number of hydrogen-bond acceptors (Lipinski definition) is 3. The largest absolute Gasteiger partial charge is 0.378 e. The van der Waals surface area contributed by atoms with Gasteiger partial charge in [0.1, 0.15) is 5.69 Å². The second kappa shape index (κ2) is 5.60. The first kappa shape index (κ1) is 13.1. The third kappa shape index (κ3) is 2.66. The molecule has 104 valence electrons. The van der Waals surface area contributed by atoms with E-state index in [1.54, 1.807) is 0 Å². The van der Waals surface area contributed by atoms with Crippen LogP contribution >= 0.6 is 12.2 Å². The molecule has 0 atom stereocenters. The summed E-state index contributed by atoms with van der Waals surface area (Å²) in [4.78, 5) is 17.2. The minimum Gasteiger partial charge on any atom is -0.378 e. The molecule has 1 aliphatic heterocycles. The summed E-state index contributed by atoms with van der Waals surface area (Å²) in [5.41, 5.74) is 1.46. The molecule has 1 fully saturated rings. The SMILES string of the molecule is O=C(NC(=S)N1CCOCC1)c1cc2ccccc2[nH]1. The fourth-order valence-electron chi connectivity index (χ4n) is 2.21. The number of aromatic nitrogens is 1. The number of fused-ring (bicyclic) bond motifs is 1. The van der Waals surface area contributed by atoms with Crippen LogP contribution in [0.4, 0.5) is 0 Å². The standard InChI is InChI=1S/C14H15N3O2S/c18-13(16-14(20)17-5-7-19-8-6-17)12-9-10-3-1-2-4-11(10)15-12/h1-4,9,15H,5-8H2,(H,16,18,20). The van der Waals surface area contributed by atoms with E-state index in [1.807, 2.05) is 35.2 Å². The summed E-state index contributed by atoms with van der Waals surface area (Å²) in [6, 6.07) is 9.59. The van der Waals surface area contributed by atoms with Crippen LogP contribution in [0.25, 0.3) is 10.9 Å². The van der Waals surface area contributed by atoms with Gasteiger partial charge < -0.3 is 14.6 Å².